The van der Waals surface area contributed by atoms with Gasteiger partial charge in [-0.1, -0.05) is 6.07 Å². The zero-order chi connectivity index (χ0) is 20.2. The molecule has 8 nitrogen and oxygen atoms in total. The van der Waals surface area contributed by atoms with Crippen LogP contribution in [0.15, 0.2) is 18.2 Å². The molecule has 0 aromatic heterocycles. The summed E-state index contributed by atoms with van der Waals surface area (Å²) < 4.78 is 35.7. The number of nitrogens with zero attached hydrogens (tertiary/aromatic N) is 2. The van der Waals surface area contributed by atoms with E-state index in [0.29, 0.717) is 31.1 Å². The first-order chi connectivity index (χ1) is 12.6. The van der Waals surface area contributed by atoms with Gasteiger partial charge >= 0.3 is 0 Å². The second-order valence-electron chi connectivity index (χ2n) is 7.14. The summed E-state index contributed by atoms with van der Waals surface area (Å²) in [6.07, 6.45) is 1.39. The Balaban J connectivity index is 2.06. The summed E-state index contributed by atoms with van der Waals surface area (Å²) >= 11 is 0. The van der Waals surface area contributed by atoms with Crippen molar-refractivity contribution in [3.63, 3.8) is 0 Å². The SMILES string of the molecule is COc1ccc(CC(=O)N[C@@H]2CN(S(C)(=O)=O)C[C@H]2CN(C)C)cc1OC. The Morgan fingerprint density at radius 2 is 1.89 bits per heavy atom. The molecular weight excluding hydrogens is 370 g/mol. The minimum atomic E-state index is -3.28. The van der Waals surface area contributed by atoms with Crippen molar-refractivity contribution < 1.29 is 22.7 Å². The predicted octanol–water partition coefficient (Wildman–Crippen LogP) is 0.184. The molecule has 0 radical (unpaired) electrons. The van der Waals surface area contributed by atoms with E-state index in [1.807, 2.05) is 25.1 Å². The van der Waals surface area contributed by atoms with Crippen molar-refractivity contribution in [1.29, 1.82) is 0 Å². The number of rotatable bonds is 8. The van der Waals surface area contributed by atoms with Crippen LogP contribution in [0.2, 0.25) is 0 Å². The molecule has 0 unspecified atom stereocenters. The van der Waals surface area contributed by atoms with Crippen molar-refractivity contribution in [1.82, 2.24) is 14.5 Å². The van der Waals surface area contributed by atoms with Crippen molar-refractivity contribution in [3.05, 3.63) is 23.8 Å². The lowest BCUT2D eigenvalue weighted by molar-refractivity contribution is -0.121. The molecular formula is C18H29N3O5S. The Hall–Kier alpha value is -1.84. The summed E-state index contributed by atoms with van der Waals surface area (Å²) in [4.78, 5) is 14.5. The van der Waals surface area contributed by atoms with E-state index in [4.69, 9.17) is 9.47 Å². The van der Waals surface area contributed by atoms with Crippen LogP contribution < -0.4 is 14.8 Å². The normalized spacial score (nSPS) is 20.7. The molecule has 152 valence electrons. The number of carbonyl (C=O) groups is 1. The third-order valence-corrected chi connectivity index (χ3v) is 5.87. The minimum absolute atomic E-state index is 0.0454. The van der Waals surface area contributed by atoms with Gasteiger partial charge in [-0.25, -0.2) is 8.42 Å². The molecule has 1 fully saturated rings. The van der Waals surface area contributed by atoms with Gasteiger partial charge in [-0.2, -0.15) is 4.31 Å². The third-order valence-electron chi connectivity index (χ3n) is 4.64. The minimum Gasteiger partial charge on any atom is -0.493 e. The summed E-state index contributed by atoms with van der Waals surface area (Å²) in [7, 11) is 3.70. The molecule has 2 atom stereocenters. The van der Waals surface area contributed by atoms with Gasteiger partial charge in [-0.05, 0) is 31.8 Å². The Bertz CT molecular complexity index is 766. The molecule has 1 aromatic rings. The highest BCUT2D eigenvalue weighted by Gasteiger charge is 2.37. The fraction of sp³-hybridized carbons (Fsp3) is 0.611. The van der Waals surface area contributed by atoms with Crippen molar-refractivity contribution in [2.24, 2.45) is 5.92 Å². The number of carbonyl (C=O) groups excluding carboxylic acids is 1. The zero-order valence-corrected chi connectivity index (χ0v) is 17.4. The van der Waals surface area contributed by atoms with Crippen LogP contribution in [-0.2, 0) is 21.2 Å². The number of sulfonamides is 1. The van der Waals surface area contributed by atoms with Crippen LogP contribution in [0, 0.1) is 5.92 Å². The number of hydrogen-bond acceptors (Lipinski definition) is 6. The standard InChI is InChI=1S/C18H29N3O5S/c1-20(2)10-14-11-21(27(5,23)24)12-15(14)19-18(22)9-13-6-7-16(25-3)17(8-13)26-4/h6-8,14-15H,9-12H2,1-5H3,(H,19,22)/t14-,15-/m1/s1. The zero-order valence-electron chi connectivity index (χ0n) is 16.6. The van der Waals surface area contributed by atoms with Gasteiger partial charge < -0.3 is 19.7 Å². The highest BCUT2D eigenvalue weighted by atomic mass is 32.2. The van der Waals surface area contributed by atoms with E-state index >= 15 is 0 Å². The van der Waals surface area contributed by atoms with Crippen molar-refractivity contribution in [3.8, 4) is 11.5 Å². The topological polar surface area (TPSA) is 88.2 Å². The lowest BCUT2D eigenvalue weighted by Crippen LogP contribution is -2.44. The Kier molecular flexibility index (Phi) is 7.07. The van der Waals surface area contributed by atoms with Gasteiger partial charge in [0.25, 0.3) is 0 Å². The molecule has 9 heteroatoms. The van der Waals surface area contributed by atoms with Crippen LogP contribution in [-0.4, -0.2) is 83.8 Å². The summed E-state index contributed by atoms with van der Waals surface area (Å²) in [6, 6.07) is 5.13. The maximum atomic E-state index is 12.5. The molecule has 1 N–H and O–H groups in total. The number of ether oxygens (including phenoxy) is 2. The van der Waals surface area contributed by atoms with E-state index in [-0.39, 0.29) is 24.3 Å². The summed E-state index contributed by atoms with van der Waals surface area (Å²) in [5.74, 6) is 1.07. The van der Waals surface area contributed by atoms with Gasteiger partial charge in [0.15, 0.2) is 11.5 Å². The second kappa shape index (κ2) is 8.90. The molecule has 27 heavy (non-hydrogen) atoms. The first kappa shape index (κ1) is 21.5. The first-order valence-corrected chi connectivity index (χ1v) is 10.6. The van der Waals surface area contributed by atoms with Crippen LogP contribution in [0.3, 0.4) is 0 Å². The smallest absolute Gasteiger partial charge is 0.224 e. The van der Waals surface area contributed by atoms with Crippen molar-refractivity contribution in [2.45, 2.75) is 12.5 Å². The molecule has 0 aliphatic carbocycles. The van der Waals surface area contributed by atoms with Gasteiger partial charge in [-0.15, -0.1) is 0 Å². The summed E-state index contributed by atoms with van der Waals surface area (Å²) in [5.41, 5.74) is 0.798. The maximum absolute atomic E-state index is 12.5. The molecule has 0 bridgehead atoms. The molecule has 1 saturated heterocycles. The van der Waals surface area contributed by atoms with E-state index in [9.17, 15) is 13.2 Å². The number of hydrogen-bond donors (Lipinski definition) is 1. The van der Waals surface area contributed by atoms with E-state index < -0.39 is 10.0 Å². The maximum Gasteiger partial charge on any atom is 0.224 e. The Morgan fingerprint density at radius 1 is 1.22 bits per heavy atom. The lowest BCUT2D eigenvalue weighted by atomic mass is 10.0. The highest BCUT2D eigenvalue weighted by molar-refractivity contribution is 7.88. The number of benzene rings is 1. The summed E-state index contributed by atoms with van der Waals surface area (Å²) in [5, 5.41) is 3.01. The van der Waals surface area contributed by atoms with Gasteiger partial charge in [-0.3, -0.25) is 4.79 Å². The lowest BCUT2D eigenvalue weighted by Gasteiger charge is -2.23. The van der Waals surface area contributed by atoms with Crippen LogP contribution in [0.25, 0.3) is 0 Å². The Labute approximate surface area is 161 Å². The number of nitrogens with one attached hydrogen (secondary N) is 1. The van der Waals surface area contributed by atoms with E-state index in [1.54, 1.807) is 26.4 Å². The quantitative estimate of drug-likeness (QED) is 0.671. The van der Waals surface area contributed by atoms with Gasteiger partial charge in [0.1, 0.15) is 0 Å². The van der Waals surface area contributed by atoms with Gasteiger partial charge in [0.05, 0.1) is 26.9 Å². The predicted molar refractivity (Wildman–Crippen MR) is 104 cm³/mol. The van der Waals surface area contributed by atoms with Gasteiger partial charge in [0, 0.05) is 31.6 Å². The monoisotopic (exact) mass is 399 g/mol. The van der Waals surface area contributed by atoms with Crippen molar-refractivity contribution in [2.75, 3.05) is 54.2 Å². The second-order valence-corrected chi connectivity index (χ2v) is 9.12. The average Bonchev–Trinajstić information content (AvgIpc) is 2.96. The molecule has 0 saturated carbocycles. The van der Waals surface area contributed by atoms with Crippen LogP contribution >= 0.6 is 0 Å². The van der Waals surface area contributed by atoms with E-state index in [2.05, 4.69) is 5.32 Å². The average molecular weight is 400 g/mol. The molecule has 1 heterocycles. The molecule has 1 amide bonds. The molecule has 2 rings (SSSR count). The first-order valence-electron chi connectivity index (χ1n) is 8.74. The molecule has 1 aromatic carbocycles. The van der Waals surface area contributed by atoms with Crippen molar-refractivity contribution >= 4 is 15.9 Å². The third kappa shape index (κ3) is 5.82. The van der Waals surface area contributed by atoms with Crippen LogP contribution in [0.1, 0.15) is 5.56 Å². The number of amides is 1. The molecule has 1 aliphatic heterocycles. The van der Waals surface area contributed by atoms with Gasteiger partial charge in [0.2, 0.25) is 15.9 Å². The fourth-order valence-corrected chi connectivity index (χ4v) is 4.25. The number of methoxy groups -OCH3 is 2. The summed E-state index contributed by atoms with van der Waals surface area (Å²) in [6.45, 7) is 1.42. The molecule has 0 spiro atoms. The van der Waals surface area contributed by atoms with Crippen LogP contribution in [0.5, 0.6) is 11.5 Å². The largest absolute Gasteiger partial charge is 0.493 e. The van der Waals surface area contributed by atoms with Crippen LogP contribution in [0.4, 0.5) is 0 Å². The van der Waals surface area contributed by atoms with E-state index in [0.717, 1.165) is 5.56 Å². The fourth-order valence-electron chi connectivity index (χ4n) is 3.35. The highest BCUT2D eigenvalue weighted by Crippen LogP contribution is 2.28. The van der Waals surface area contributed by atoms with E-state index in [1.165, 1.54) is 10.6 Å². The molecule has 1 aliphatic rings. The Morgan fingerprint density at radius 3 is 2.44 bits per heavy atom.